The number of nitrogens with one attached hydrogen (secondary N) is 1. The average molecular weight is 253 g/mol. The summed E-state index contributed by atoms with van der Waals surface area (Å²) in [6.07, 6.45) is 2.84. The first-order valence-corrected chi connectivity index (χ1v) is 6.50. The fraction of sp³-hybridized carbons (Fsp3) is 0.900. The minimum absolute atomic E-state index is 0. The molecule has 0 spiro atoms. The zero-order valence-electron chi connectivity index (χ0n) is 9.20. The molecular weight excluding hydrogens is 232 g/mol. The number of carbonyl (C=O) groups excluding carboxylic acids is 1. The highest BCUT2D eigenvalue weighted by Crippen LogP contribution is 2.23. The Balaban J connectivity index is 0.00000196. The van der Waals surface area contributed by atoms with Crippen LogP contribution >= 0.6 is 24.2 Å². The van der Waals surface area contributed by atoms with Gasteiger partial charge in [0.2, 0.25) is 5.91 Å². The van der Waals surface area contributed by atoms with Gasteiger partial charge in [-0.15, -0.1) is 12.4 Å². The molecule has 0 aliphatic heterocycles. The monoisotopic (exact) mass is 252 g/mol. The maximum Gasteiger partial charge on any atom is 0.223 e. The molecule has 0 aromatic carbocycles. The molecule has 1 aliphatic rings. The smallest absolute Gasteiger partial charge is 0.223 e. The van der Waals surface area contributed by atoms with Gasteiger partial charge in [0.15, 0.2) is 0 Å². The maximum absolute atomic E-state index is 11.6. The third-order valence-corrected chi connectivity index (χ3v) is 3.49. The molecule has 1 aliphatic carbocycles. The second-order valence-electron chi connectivity index (χ2n) is 3.76. The van der Waals surface area contributed by atoms with Crippen LogP contribution < -0.4 is 11.1 Å². The fourth-order valence-electron chi connectivity index (χ4n) is 1.79. The van der Waals surface area contributed by atoms with Crippen molar-refractivity contribution in [2.24, 2.45) is 11.7 Å². The third-order valence-electron chi connectivity index (χ3n) is 2.59. The molecule has 1 amide bonds. The lowest BCUT2D eigenvalue weighted by molar-refractivity contribution is -0.124. The van der Waals surface area contributed by atoms with Gasteiger partial charge in [0.1, 0.15) is 0 Å². The van der Waals surface area contributed by atoms with Crippen LogP contribution in [0.1, 0.15) is 26.2 Å². The summed E-state index contributed by atoms with van der Waals surface area (Å²) in [6, 6.07) is 0.246. The van der Waals surface area contributed by atoms with E-state index in [0.717, 1.165) is 37.3 Å². The largest absolute Gasteiger partial charge is 0.355 e. The van der Waals surface area contributed by atoms with E-state index in [1.165, 1.54) is 0 Å². The highest BCUT2D eigenvalue weighted by Gasteiger charge is 2.27. The van der Waals surface area contributed by atoms with Crippen molar-refractivity contribution < 1.29 is 4.79 Å². The van der Waals surface area contributed by atoms with E-state index in [1.54, 1.807) is 0 Å². The average Bonchev–Trinajstić information content (AvgIpc) is 2.59. The van der Waals surface area contributed by atoms with Gasteiger partial charge >= 0.3 is 0 Å². The Morgan fingerprint density at radius 1 is 1.53 bits per heavy atom. The van der Waals surface area contributed by atoms with Crippen LogP contribution in [0.15, 0.2) is 0 Å². The number of halogens is 1. The Morgan fingerprint density at radius 3 is 2.80 bits per heavy atom. The summed E-state index contributed by atoms with van der Waals surface area (Å²) in [5.74, 6) is 2.51. The van der Waals surface area contributed by atoms with Crippen molar-refractivity contribution >= 4 is 30.1 Å². The number of hydrogen-bond donors (Lipinski definition) is 2. The fourth-order valence-corrected chi connectivity index (χ4v) is 2.32. The Kier molecular flexibility index (Phi) is 8.29. The van der Waals surface area contributed by atoms with Gasteiger partial charge < -0.3 is 11.1 Å². The van der Waals surface area contributed by atoms with E-state index in [-0.39, 0.29) is 30.3 Å². The van der Waals surface area contributed by atoms with Crippen molar-refractivity contribution in [2.75, 3.05) is 18.1 Å². The topological polar surface area (TPSA) is 55.1 Å². The van der Waals surface area contributed by atoms with E-state index >= 15 is 0 Å². The molecule has 0 heterocycles. The second kappa shape index (κ2) is 8.25. The van der Waals surface area contributed by atoms with Crippen molar-refractivity contribution in [1.82, 2.24) is 5.32 Å². The molecule has 3 N–H and O–H groups in total. The zero-order valence-corrected chi connectivity index (χ0v) is 10.8. The van der Waals surface area contributed by atoms with Crippen LogP contribution in [0, 0.1) is 5.92 Å². The molecule has 2 atom stereocenters. The SMILES string of the molecule is CCSCCNC(=O)[C@H]1CC[C@@H](N)C1.Cl. The molecule has 15 heavy (non-hydrogen) atoms. The summed E-state index contributed by atoms with van der Waals surface area (Å²) in [5, 5.41) is 2.96. The predicted molar refractivity (Wildman–Crippen MR) is 68.6 cm³/mol. The van der Waals surface area contributed by atoms with Gasteiger partial charge in [0.05, 0.1) is 0 Å². The number of nitrogens with two attached hydrogens (primary N) is 1. The standard InChI is InChI=1S/C10H20N2OS.ClH/c1-2-14-6-5-12-10(13)8-3-4-9(11)7-8;/h8-9H,2-7,11H2,1H3,(H,12,13);1H/t8-,9+;/m0./s1. The van der Waals surface area contributed by atoms with Crippen LogP contribution in [-0.4, -0.2) is 30.0 Å². The lowest BCUT2D eigenvalue weighted by Gasteiger charge is -2.10. The molecule has 0 saturated heterocycles. The molecule has 1 rings (SSSR count). The molecule has 5 heteroatoms. The summed E-state index contributed by atoms with van der Waals surface area (Å²) in [5.41, 5.74) is 5.76. The molecule has 3 nitrogen and oxygen atoms in total. The maximum atomic E-state index is 11.6. The number of thioether (sulfide) groups is 1. The van der Waals surface area contributed by atoms with Gasteiger partial charge in [-0.25, -0.2) is 0 Å². The second-order valence-corrected chi connectivity index (χ2v) is 5.15. The highest BCUT2D eigenvalue weighted by molar-refractivity contribution is 7.99. The Hall–Kier alpha value is 0.0700. The Bertz CT molecular complexity index is 192. The van der Waals surface area contributed by atoms with Crippen LogP contribution in [0.5, 0.6) is 0 Å². The molecule has 90 valence electrons. The first-order valence-electron chi connectivity index (χ1n) is 5.35. The molecule has 0 aromatic rings. The van der Waals surface area contributed by atoms with E-state index in [4.69, 9.17) is 5.73 Å². The normalized spacial score (nSPS) is 24.7. The molecule has 0 aromatic heterocycles. The van der Waals surface area contributed by atoms with Crippen molar-refractivity contribution in [3.63, 3.8) is 0 Å². The van der Waals surface area contributed by atoms with E-state index in [9.17, 15) is 4.79 Å². The van der Waals surface area contributed by atoms with Crippen LogP contribution in [0.4, 0.5) is 0 Å². The van der Waals surface area contributed by atoms with E-state index in [2.05, 4.69) is 12.2 Å². The highest BCUT2D eigenvalue weighted by atomic mass is 35.5. The summed E-state index contributed by atoms with van der Waals surface area (Å²) in [6.45, 7) is 2.92. The van der Waals surface area contributed by atoms with Crippen LogP contribution in [-0.2, 0) is 4.79 Å². The number of hydrogen-bond acceptors (Lipinski definition) is 3. The summed E-state index contributed by atoms with van der Waals surface area (Å²) < 4.78 is 0. The number of carbonyl (C=O) groups is 1. The first-order chi connectivity index (χ1) is 6.74. The summed E-state index contributed by atoms with van der Waals surface area (Å²) in [7, 11) is 0. The van der Waals surface area contributed by atoms with Crippen molar-refractivity contribution in [2.45, 2.75) is 32.2 Å². The van der Waals surface area contributed by atoms with Crippen molar-refractivity contribution in [3.8, 4) is 0 Å². The number of rotatable bonds is 5. The van der Waals surface area contributed by atoms with Crippen LogP contribution in [0.2, 0.25) is 0 Å². The first kappa shape index (κ1) is 15.1. The van der Waals surface area contributed by atoms with E-state index in [0.29, 0.717) is 0 Å². The van der Waals surface area contributed by atoms with Gasteiger partial charge in [-0.2, -0.15) is 11.8 Å². The van der Waals surface area contributed by atoms with Crippen molar-refractivity contribution in [1.29, 1.82) is 0 Å². The zero-order chi connectivity index (χ0) is 10.4. The van der Waals surface area contributed by atoms with Gasteiger partial charge in [-0.1, -0.05) is 6.92 Å². The molecule has 0 unspecified atom stereocenters. The van der Waals surface area contributed by atoms with E-state index in [1.807, 2.05) is 11.8 Å². The molecule has 1 saturated carbocycles. The Labute approximate surface area is 102 Å². The molecule has 0 bridgehead atoms. The summed E-state index contributed by atoms with van der Waals surface area (Å²) in [4.78, 5) is 11.6. The molecule has 1 fully saturated rings. The van der Waals surface area contributed by atoms with Gasteiger partial charge in [-0.3, -0.25) is 4.79 Å². The Morgan fingerprint density at radius 2 is 2.27 bits per heavy atom. The minimum Gasteiger partial charge on any atom is -0.355 e. The van der Waals surface area contributed by atoms with Crippen molar-refractivity contribution in [3.05, 3.63) is 0 Å². The molecular formula is C10H21ClN2OS. The minimum atomic E-state index is 0. The lowest BCUT2D eigenvalue weighted by atomic mass is 10.1. The summed E-state index contributed by atoms with van der Waals surface area (Å²) >= 11 is 1.85. The molecule has 0 radical (unpaired) electrons. The van der Waals surface area contributed by atoms with E-state index < -0.39 is 0 Å². The van der Waals surface area contributed by atoms with Gasteiger partial charge in [0.25, 0.3) is 0 Å². The predicted octanol–water partition coefficient (Wildman–Crippen LogP) is 1.40. The lowest BCUT2D eigenvalue weighted by Crippen LogP contribution is -2.32. The number of amides is 1. The van der Waals surface area contributed by atoms with Crippen LogP contribution in [0.25, 0.3) is 0 Å². The van der Waals surface area contributed by atoms with Gasteiger partial charge in [0, 0.05) is 24.3 Å². The van der Waals surface area contributed by atoms with Crippen LogP contribution in [0.3, 0.4) is 0 Å². The van der Waals surface area contributed by atoms with Gasteiger partial charge in [-0.05, 0) is 25.0 Å². The third kappa shape index (κ3) is 5.64. The quantitative estimate of drug-likeness (QED) is 0.728.